The van der Waals surface area contributed by atoms with Crippen molar-refractivity contribution < 1.29 is 19.4 Å². The molecule has 1 amide bonds. The second-order valence-electron chi connectivity index (χ2n) is 5.91. The highest BCUT2D eigenvalue weighted by Gasteiger charge is 2.26. The van der Waals surface area contributed by atoms with E-state index in [-0.39, 0.29) is 11.8 Å². The van der Waals surface area contributed by atoms with Crippen LogP contribution in [-0.4, -0.2) is 30.2 Å². The van der Waals surface area contributed by atoms with Crippen LogP contribution in [0.5, 0.6) is 0 Å². The first-order chi connectivity index (χ1) is 10.5. The van der Waals surface area contributed by atoms with Gasteiger partial charge in [-0.15, -0.1) is 0 Å². The highest BCUT2D eigenvalue weighted by Crippen LogP contribution is 2.25. The van der Waals surface area contributed by atoms with Gasteiger partial charge in [0.05, 0.1) is 5.92 Å². The molecule has 1 aliphatic rings. The molecule has 5 heteroatoms. The van der Waals surface area contributed by atoms with Crippen molar-refractivity contribution in [1.82, 2.24) is 0 Å². The van der Waals surface area contributed by atoms with Gasteiger partial charge in [0.1, 0.15) is 0 Å². The van der Waals surface area contributed by atoms with Crippen molar-refractivity contribution in [2.45, 2.75) is 32.6 Å². The van der Waals surface area contributed by atoms with Crippen molar-refractivity contribution in [2.24, 2.45) is 11.8 Å². The first-order valence-electron chi connectivity index (χ1n) is 7.70. The number of ether oxygens (including phenoxy) is 1. The van der Waals surface area contributed by atoms with E-state index in [0.29, 0.717) is 30.4 Å². The topological polar surface area (TPSA) is 75.6 Å². The summed E-state index contributed by atoms with van der Waals surface area (Å²) in [6.45, 7) is 5.00. The highest BCUT2D eigenvalue weighted by molar-refractivity contribution is 5.92. The van der Waals surface area contributed by atoms with Gasteiger partial charge >= 0.3 is 5.97 Å². The van der Waals surface area contributed by atoms with Gasteiger partial charge in [0.2, 0.25) is 5.91 Å². The largest absolute Gasteiger partial charge is 0.481 e. The van der Waals surface area contributed by atoms with Gasteiger partial charge in [0, 0.05) is 24.8 Å². The fraction of sp³-hybridized carbons (Fsp3) is 0.529. The van der Waals surface area contributed by atoms with E-state index in [2.05, 4.69) is 5.32 Å². The molecule has 1 aliphatic heterocycles. The zero-order valence-electron chi connectivity index (χ0n) is 13.0. The smallest absolute Gasteiger partial charge is 0.310 e. The van der Waals surface area contributed by atoms with E-state index in [9.17, 15) is 9.59 Å². The van der Waals surface area contributed by atoms with E-state index < -0.39 is 11.9 Å². The summed E-state index contributed by atoms with van der Waals surface area (Å²) < 4.78 is 5.33. The number of carbonyl (C=O) groups is 2. The highest BCUT2D eigenvalue weighted by atomic mass is 16.5. The zero-order valence-corrected chi connectivity index (χ0v) is 13.0. The summed E-state index contributed by atoms with van der Waals surface area (Å²) in [5.74, 6) is -1.23. The Hall–Kier alpha value is -1.88. The first-order valence-corrected chi connectivity index (χ1v) is 7.70. The predicted molar refractivity (Wildman–Crippen MR) is 83.8 cm³/mol. The Kier molecular flexibility index (Phi) is 5.55. The van der Waals surface area contributed by atoms with Gasteiger partial charge in [0.15, 0.2) is 0 Å². The van der Waals surface area contributed by atoms with Gasteiger partial charge < -0.3 is 15.2 Å². The van der Waals surface area contributed by atoms with Crippen molar-refractivity contribution in [1.29, 1.82) is 0 Å². The van der Waals surface area contributed by atoms with Crippen LogP contribution in [0.2, 0.25) is 0 Å². The van der Waals surface area contributed by atoms with Gasteiger partial charge in [-0.3, -0.25) is 9.59 Å². The minimum absolute atomic E-state index is 0.0213. The summed E-state index contributed by atoms with van der Waals surface area (Å²) in [6.07, 6.45) is 1.81. The molecule has 0 aromatic heterocycles. The molecule has 1 saturated heterocycles. The lowest BCUT2D eigenvalue weighted by Gasteiger charge is -2.27. The van der Waals surface area contributed by atoms with E-state index in [0.717, 1.165) is 12.8 Å². The molecule has 120 valence electrons. The molecule has 1 fully saturated rings. The molecular weight excluding hydrogens is 282 g/mol. The minimum Gasteiger partial charge on any atom is -0.481 e. The minimum atomic E-state index is -0.876. The number of hydrogen-bond donors (Lipinski definition) is 2. The Morgan fingerprint density at radius 3 is 2.59 bits per heavy atom. The molecular formula is C17H23NO4. The zero-order chi connectivity index (χ0) is 16.1. The molecule has 0 radical (unpaired) electrons. The van der Waals surface area contributed by atoms with Gasteiger partial charge in [-0.2, -0.15) is 0 Å². The fourth-order valence-corrected chi connectivity index (χ4v) is 2.71. The Morgan fingerprint density at radius 1 is 1.27 bits per heavy atom. The van der Waals surface area contributed by atoms with Crippen LogP contribution in [0, 0.1) is 11.8 Å². The number of nitrogens with one attached hydrogen (secondary N) is 1. The van der Waals surface area contributed by atoms with Crippen molar-refractivity contribution in [3.63, 3.8) is 0 Å². The van der Waals surface area contributed by atoms with Crippen LogP contribution in [0.1, 0.15) is 38.2 Å². The second kappa shape index (κ2) is 7.40. The molecule has 0 saturated carbocycles. The number of rotatable bonds is 5. The van der Waals surface area contributed by atoms with Crippen molar-refractivity contribution >= 4 is 17.6 Å². The van der Waals surface area contributed by atoms with Gasteiger partial charge in [-0.05, 0) is 43.4 Å². The molecule has 0 aliphatic carbocycles. The summed E-state index contributed by atoms with van der Waals surface area (Å²) in [5, 5.41) is 12.0. The fourth-order valence-electron chi connectivity index (χ4n) is 2.71. The molecule has 2 atom stereocenters. The Morgan fingerprint density at radius 2 is 1.95 bits per heavy atom. The molecule has 2 N–H and O–H groups in total. The van der Waals surface area contributed by atoms with Gasteiger partial charge in [-0.25, -0.2) is 0 Å². The molecule has 22 heavy (non-hydrogen) atoms. The summed E-state index contributed by atoms with van der Waals surface area (Å²) in [5.41, 5.74) is 1.33. The van der Waals surface area contributed by atoms with Crippen LogP contribution in [0.25, 0.3) is 0 Å². The van der Waals surface area contributed by atoms with Gasteiger partial charge in [-0.1, -0.05) is 19.1 Å². The second-order valence-corrected chi connectivity index (χ2v) is 5.91. The Labute approximate surface area is 130 Å². The lowest BCUT2D eigenvalue weighted by Crippen LogP contribution is -2.31. The first kappa shape index (κ1) is 16.5. The van der Waals surface area contributed by atoms with E-state index in [1.807, 2.05) is 6.92 Å². The maximum atomic E-state index is 12.4. The molecule has 1 aromatic carbocycles. The molecule has 1 heterocycles. The van der Waals surface area contributed by atoms with Crippen LogP contribution >= 0.6 is 0 Å². The number of carbonyl (C=O) groups excluding carboxylic acids is 1. The lowest BCUT2D eigenvalue weighted by molar-refractivity contribution is -0.138. The standard InChI is InChI=1S/C17H23NO4/c1-11(13-6-8-22-9-7-13)16(19)18-15-5-3-4-14(10-15)12(2)17(20)21/h3-5,10-13H,6-9H2,1-2H3,(H,18,19)(H,20,21). The molecule has 0 spiro atoms. The molecule has 2 rings (SSSR count). The third-order valence-corrected chi connectivity index (χ3v) is 4.41. The SMILES string of the molecule is CC(C(=O)O)c1cccc(NC(=O)C(C)C2CCOCC2)c1. The predicted octanol–water partition coefficient (Wildman–Crippen LogP) is 2.88. The van der Waals surface area contributed by atoms with Crippen LogP contribution in [0.15, 0.2) is 24.3 Å². The summed E-state index contributed by atoms with van der Waals surface area (Å²) in [4.78, 5) is 23.4. The van der Waals surface area contributed by atoms with Crippen LogP contribution in [0.4, 0.5) is 5.69 Å². The Bertz CT molecular complexity index is 537. The van der Waals surface area contributed by atoms with E-state index >= 15 is 0 Å². The summed E-state index contributed by atoms with van der Waals surface area (Å²) >= 11 is 0. The van der Waals surface area contributed by atoms with E-state index in [1.165, 1.54) is 0 Å². The maximum absolute atomic E-state index is 12.4. The van der Waals surface area contributed by atoms with Crippen LogP contribution < -0.4 is 5.32 Å². The van der Waals surface area contributed by atoms with Crippen molar-refractivity contribution in [3.8, 4) is 0 Å². The lowest BCUT2D eigenvalue weighted by atomic mass is 9.86. The van der Waals surface area contributed by atoms with Gasteiger partial charge in [0.25, 0.3) is 0 Å². The Balaban J connectivity index is 2.01. The number of benzene rings is 1. The maximum Gasteiger partial charge on any atom is 0.310 e. The molecule has 1 aromatic rings. The molecule has 5 nitrogen and oxygen atoms in total. The van der Waals surface area contributed by atoms with Crippen molar-refractivity contribution in [3.05, 3.63) is 29.8 Å². The normalized spacial score (nSPS) is 18.5. The molecule has 0 bridgehead atoms. The average Bonchev–Trinajstić information content (AvgIpc) is 2.54. The monoisotopic (exact) mass is 305 g/mol. The number of carboxylic acid groups (broad SMARTS) is 1. The van der Waals surface area contributed by atoms with E-state index in [1.54, 1.807) is 31.2 Å². The number of anilines is 1. The van der Waals surface area contributed by atoms with Crippen LogP contribution in [0.3, 0.4) is 0 Å². The average molecular weight is 305 g/mol. The number of hydrogen-bond acceptors (Lipinski definition) is 3. The number of carboxylic acids is 1. The number of aliphatic carboxylic acids is 1. The molecule has 2 unspecified atom stereocenters. The summed E-state index contributed by atoms with van der Waals surface area (Å²) in [6, 6.07) is 7.04. The van der Waals surface area contributed by atoms with Crippen LogP contribution in [-0.2, 0) is 14.3 Å². The van der Waals surface area contributed by atoms with Crippen molar-refractivity contribution in [2.75, 3.05) is 18.5 Å². The number of amides is 1. The third-order valence-electron chi connectivity index (χ3n) is 4.41. The third kappa shape index (κ3) is 4.07. The quantitative estimate of drug-likeness (QED) is 0.877. The summed E-state index contributed by atoms with van der Waals surface area (Å²) in [7, 11) is 0. The van der Waals surface area contributed by atoms with E-state index in [4.69, 9.17) is 9.84 Å².